The monoisotopic (exact) mass is 230 g/mol. The van der Waals surface area contributed by atoms with Crippen molar-refractivity contribution in [3.8, 4) is 6.07 Å². The highest BCUT2D eigenvalue weighted by Gasteiger charge is 2.14. The molecule has 90 valence electrons. The lowest BCUT2D eigenvalue weighted by Crippen LogP contribution is -2.36. The van der Waals surface area contributed by atoms with Gasteiger partial charge in [-0.2, -0.15) is 5.26 Å². The number of hydrogen-bond donors (Lipinski definition) is 1. The Hall–Kier alpha value is -1.82. The van der Waals surface area contributed by atoms with Crippen LogP contribution in [-0.2, 0) is 0 Å². The van der Waals surface area contributed by atoms with Crippen molar-refractivity contribution in [3.63, 3.8) is 0 Å². The third-order valence-electron chi connectivity index (χ3n) is 3.11. The number of rotatable bonds is 4. The van der Waals surface area contributed by atoms with Crippen molar-refractivity contribution in [3.05, 3.63) is 35.4 Å². The summed E-state index contributed by atoms with van der Waals surface area (Å²) in [5, 5.41) is 11.7. The van der Waals surface area contributed by atoms with Crippen LogP contribution in [0.25, 0.3) is 0 Å². The quantitative estimate of drug-likeness (QED) is 0.864. The van der Waals surface area contributed by atoms with E-state index < -0.39 is 0 Å². The van der Waals surface area contributed by atoms with Crippen LogP contribution < -0.4 is 5.32 Å². The fourth-order valence-corrected chi connectivity index (χ4v) is 1.52. The molecular formula is C14H18N2O. The van der Waals surface area contributed by atoms with Gasteiger partial charge in [0.1, 0.15) is 0 Å². The van der Waals surface area contributed by atoms with E-state index in [1.54, 1.807) is 24.3 Å². The lowest BCUT2D eigenvalue weighted by atomic mass is 10.0. The normalized spacial score (nSPS) is 13.5. The maximum absolute atomic E-state index is 11.9. The molecule has 0 aliphatic carbocycles. The van der Waals surface area contributed by atoms with Gasteiger partial charge in [0.2, 0.25) is 0 Å². The number of carbonyl (C=O) groups excluding carboxylic acids is 1. The first kappa shape index (κ1) is 13.2. The van der Waals surface area contributed by atoms with Gasteiger partial charge >= 0.3 is 0 Å². The van der Waals surface area contributed by atoms with Gasteiger partial charge in [0, 0.05) is 11.6 Å². The van der Waals surface area contributed by atoms with Gasteiger partial charge in [-0.1, -0.05) is 26.3 Å². The summed E-state index contributed by atoms with van der Waals surface area (Å²) in [5.41, 5.74) is 1.05. The van der Waals surface area contributed by atoms with E-state index in [9.17, 15) is 4.79 Å². The largest absolute Gasteiger partial charge is 0.349 e. The van der Waals surface area contributed by atoms with Crippen molar-refractivity contribution < 1.29 is 4.79 Å². The first-order chi connectivity index (χ1) is 8.08. The number of amides is 1. The molecule has 0 fully saturated rings. The van der Waals surface area contributed by atoms with Crippen LogP contribution in [0.5, 0.6) is 0 Å². The van der Waals surface area contributed by atoms with E-state index in [-0.39, 0.29) is 11.9 Å². The summed E-state index contributed by atoms with van der Waals surface area (Å²) in [7, 11) is 0. The van der Waals surface area contributed by atoms with E-state index in [4.69, 9.17) is 5.26 Å². The van der Waals surface area contributed by atoms with Crippen molar-refractivity contribution in [1.82, 2.24) is 5.32 Å². The molecule has 0 bridgehead atoms. The fraction of sp³-hybridized carbons (Fsp3) is 0.429. The van der Waals surface area contributed by atoms with E-state index in [0.717, 1.165) is 6.42 Å². The maximum Gasteiger partial charge on any atom is 0.251 e. The summed E-state index contributed by atoms with van der Waals surface area (Å²) in [6.07, 6.45) is 1.03. The van der Waals surface area contributed by atoms with Crippen molar-refractivity contribution in [2.75, 3.05) is 0 Å². The molecule has 0 spiro atoms. The van der Waals surface area contributed by atoms with Gasteiger partial charge in [-0.3, -0.25) is 4.79 Å². The predicted molar refractivity (Wildman–Crippen MR) is 67.5 cm³/mol. The van der Waals surface area contributed by atoms with Crippen LogP contribution in [0.15, 0.2) is 24.3 Å². The zero-order chi connectivity index (χ0) is 12.8. The number of benzene rings is 1. The predicted octanol–water partition coefficient (Wildman–Crippen LogP) is 2.72. The molecule has 0 aliphatic rings. The molecular weight excluding hydrogens is 212 g/mol. The Balaban J connectivity index is 2.73. The molecule has 0 saturated heterocycles. The summed E-state index contributed by atoms with van der Waals surface area (Å²) < 4.78 is 0. The number of nitriles is 1. The molecule has 1 N–H and O–H groups in total. The Labute approximate surface area is 102 Å². The number of carbonyl (C=O) groups is 1. The Morgan fingerprint density at radius 3 is 2.76 bits per heavy atom. The Bertz CT molecular complexity index is 434. The molecule has 1 aromatic rings. The molecule has 0 aromatic heterocycles. The van der Waals surface area contributed by atoms with Crippen molar-refractivity contribution >= 4 is 5.91 Å². The van der Waals surface area contributed by atoms with Crippen LogP contribution in [0, 0.1) is 17.2 Å². The average molecular weight is 230 g/mol. The van der Waals surface area contributed by atoms with Gasteiger partial charge in [0.25, 0.3) is 5.91 Å². The number of nitrogens with one attached hydrogen (secondary N) is 1. The SMILES string of the molecule is CCC(C)C(C)NC(=O)c1cccc(C#N)c1. The lowest BCUT2D eigenvalue weighted by Gasteiger charge is -2.19. The van der Waals surface area contributed by atoms with Gasteiger partial charge in [0.05, 0.1) is 11.6 Å². The second-order valence-electron chi connectivity index (χ2n) is 4.34. The molecule has 3 heteroatoms. The van der Waals surface area contributed by atoms with Crippen LogP contribution >= 0.6 is 0 Å². The Kier molecular flexibility index (Phi) is 4.71. The van der Waals surface area contributed by atoms with Gasteiger partial charge in [-0.15, -0.1) is 0 Å². The second-order valence-corrected chi connectivity index (χ2v) is 4.34. The van der Waals surface area contributed by atoms with Gasteiger partial charge < -0.3 is 5.32 Å². The summed E-state index contributed by atoms with van der Waals surface area (Å²) in [4.78, 5) is 11.9. The summed E-state index contributed by atoms with van der Waals surface area (Å²) in [6, 6.07) is 8.91. The van der Waals surface area contributed by atoms with Gasteiger partial charge in [-0.05, 0) is 31.0 Å². The molecule has 17 heavy (non-hydrogen) atoms. The third-order valence-corrected chi connectivity index (χ3v) is 3.11. The summed E-state index contributed by atoms with van der Waals surface area (Å²) in [5.74, 6) is 0.327. The molecule has 0 radical (unpaired) electrons. The van der Waals surface area contributed by atoms with E-state index in [1.807, 2.05) is 13.0 Å². The van der Waals surface area contributed by atoms with Crippen molar-refractivity contribution in [2.45, 2.75) is 33.2 Å². The fourth-order valence-electron chi connectivity index (χ4n) is 1.52. The topological polar surface area (TPSA) is 52.9 Å². The molecule has 2 unspecified atom stereocenters. The van der Waals surface area contributed by atoms with E-state index in [0.29, 0.717) is 17.0 Å². The molecule has 1 rings (SSSR count). The minimum Gasteiger partial charge on any atom is -0.349 e. The van der Waals surface area contributed by atoms with E-state index in [2.05, 4.69) is 19.2 Å². The molecule has 3 nitrogen and oxygen atoms in total. The van der Waals surface area contributed by atoms with Crippen LogP contribution in [-0.4, -0.2) is 11.9 Å². The Morgan fingerprint density at radius 2 is 2.18 bits per heavy atom. The van der Waals surface area contributed by atoms with E-state index in [1.165, 1.54) is 0 Å². The minimum atomic E-state index is -0.116. The zero-order valence-corrected chi connectivity index (χ0v) is 10.5. The van der Waals surface area contributed by atoms with Crippen molar-refractivity contribution in [2.24, 2.45) is 5.92 Å². The highest BCUT2D eigenvalue weighted by molar-refractivity contribution is 5.94. The first-order valence-corrected chi connectivity index (χ1v) is 5.89. The Morgan fingerprint density at radius 1 is 1.47 bits per heavy atom. The van der Waals surface area contributed by atoms with E-state index >= 15 is 0 Å². The van der Waals surface area contributed by atoms with Gasteiger partial charge in [0.15, 0.2) is 0 Å². The molecule has 0 aliphatic heterocycles. The van der Waals surface area contributed by atoms with Crippen LogP contribution in [0.2, 0.25) is 0 Å². The highest BCUT2D eigenvalue weighted by Crippen LogP contribution is 2.09. The lowest BCUT2D eigenvalue weighted by molar-refractivity contribution is 0.0928. The molecule has 0 heterocycles. The standard InChI is InChI=1S/C14H18N2O/c1-4-10(2)11(3)16-14(17)13-7-5-6-12(8-13)9-15/h5-8,10-11H,4H2,1-3H3,(H,16,17). The van der Waals surface area contributed by atoms with Crippen LogP contribution in [0.1, 0.15) is 43.1 Å². The summed E-state index contributed by atoms with van der Waals surface area (Å²) in [6.45, 7) is 6.21. The minimum absolute atomic E-state index is 0.116. The number of nitrogens with zero attached hydrogens (tertiary/aromatic N) is 1. The molecule has 1 amide bonds. The highest BCUT2D eigenvalue weighted by atomic mass is 16.1. The number of hydrogen-bond acceptors (Lipinski definition) is 2. The molecule has 0 saturated carbocycles. The smallest absolute Gasteiger partial charge is 0.251 e. The second kappa shape index (κ2) is 6.05. The molecule has 2 atom stereocenters. The third kappa shape index (κ3) is 3.60. The van der Waals surface area contributed by atoms with Crippen molar-refractivity contribution in [1.29, 1.82) is 5.26 Å². The average Bonchev–Trinajstić information content (AvgIpc) is 2.37. The zero-order valence-electron chi connectivity index (χ0n) is 10.5. The van der Waals surface area contributed by atoms with Crippen LogP contribution in [0.4, 0.5) is 0 Å². The summed E-state index contributed by atoms with van der Waals surface area (Å²) >= 11 is 0. The molecule has 1 aromatic carbocycles. The maximum atomic E-state index is 11.9. The van der Waals surface area contributed by atoms with Crippen LogP contribution in [0.3, 0.4) is 0 Å². The first-order valence-electron chi connectivity index (χ1n) is 5.89. The van der Waals surface area contributed by atoms with Gasteiger partial charge in [-0.25, -0.2) is 0 Å².